The lowest BCUT2D eigenvalue weighted by Gasteiger charge is -2.13. The second kappa shape index (κ2) is 8.67. The van der Waals surface area contributed by atoms with Gasteiger partial charge >= 0.3 is 5.97 Å². The predicted octanol–water partition coefficient (Wildman–Crippen LogP) is 3.80. The molecule has 0 fully saturated rings. The number of ether oxygens (including phenoxy) is 1. The van der Waals surface area contributed by atoms with Crippen LogP contribution in [-0.2, 0) is 14.3 Å². The molecule has 0 aromatic heterocycles. The minimum atomic E-state index is -1.02. The van der Waals surface area contributed by atoms with Gasteiger partial charge in [-0.05, 0) is 36.8 Å². The molecular formula is C19H15ClN2O3. The number of nitrogens with one attached hydrogen (secondary N) is 1. The monoisotopic (exact) mass is 354 g/mol. The zero-order valence-corrected chi connectivity index (χ0v) is 14.2. The second-order valence-electron chi connectivity index (χ2n) is 5.08. The van der Waals surface area contributed by atoms with Crippen molar-refractivity contribution < 1.29 is 14.3 Å². The van der Waals surface area contributed by atoms with Crippen LogP contribution in [0.3, 0.4) is 0 Å². The predicted molar refractivity (Wildman–Crippen MR) is 95.8 cm³/mol. The number of halogens is 1. The van der Waals surface area contributed by atoms with E-state index >= 15 is 0 Å². The van der Waals surface area contributed by atoms with Crippen LogP contribution in [0.1, 0.15) is 18.1 Å². The number of esters is 1. The Hall–Kier alpha value is -3.10. The number of nitriles is 1. The van der Waals surface area contributed by atoms with Gasteiger partial charge in [0.2, 0.25) is 0 Å². The van der Waals surface area contributed by atoms with Gasteiger partial charge in [0.1, 0.15) is 6.07 Å². The van der Waals surface area contributed by atoms with E-state index in [0.29, 0.717) is 21.8 Å². The van der Waals surface area contributed by atoms with Crippen LogP contribution >= 0.6 is 11.6 Å². The van der Waals surface area contributed by atoms with E-state index in [2.05, 4.69) is 5.32 Å². The summed E-state index contributed by atoms with van der Waals surface area (Å²) in [6.07, 6.45) is 1.70. The molecular weight excluding hydrogens is 340 g/mol. The Morgan fingerprint density at radius 1 is 1.20 bits per heavy atom. The lowest BCUT2D eigenvalue weighted by Crippen LogP contribution is -2.29. The van der Waals surface area contributed by atoms with E-state index in [1.54, 1.807) is 48.5 Å². The van der Waals surface area contributed by atoms with Crippen molar-refractivity contribution in [2.45, 2.75) is 13.0 Å². The van der Waals surface area contributed by atoms with E-state index in [4.69, 9.17) is 21.6 Å². The van der Waals surface area contributed by atoms with E-state index in [-0.39, 0.29) is 0 Å². The van der Waals surface area contributed by atoms with Crippen LogP contribution in [0.25, 0.3) is 6.08 Å². The second-order valence-corrected chi connectivity index (χ2v) is 5.49. The average molecular weight is 355 g/mol. The van der Waals surface area contributed by atoms with Crippen molar-refractivity contribution in [3.05, 3.63) is 70.8 Å². The maximum Gasteiger partial charge on any atom is 0.331 e. The molecule has 5 nitrogen and oxygen atoms in total. The summed E-state index contributed by atoms with van der Waals surface area (Å²) in [6, 6.07) is 15.6. The van der Waals surface area contributed by atoms with Gasteiger partial charge < -0.3 is 10.1 Å². The van der Waals surface area contributed by atoms with Crippen LogP contribution in [0.2, 0.25) is 5.02 Å². The normalized spacial score (nSPS) is 11.6. The topological polar surface area (TPSA) is 79.2 Å². The number of para-hydroxylation sites is 1. The molecule has 0 aliphatic rings. The van der Waals surface area contributed by atoms with Crippen LogP contribution in [0.4, 0.5) is 5.69 Å². The first-order chi connectivity index (χ1) is 12.0. The van der Waals surface area contributed by atoms with Crippen molar-refractivity contribution in [2.24, 2.45) is 0 Å². The summed E-state index contributed by atoms with van der Waals surface area (Å²) >= 11 is 5.99. The molecule has 1 N–H and O–H groups in total. The van der Waals surface area contributed by atoms with Crippen LogP contribution in [0.15, 0.2) is 54.6 Å². The molecule has 1 atom stereocenters. The minimum Gasteiger partial charge on any atom is -0.449 e. The first kappa shape index (κ1) is 18.2. The molecule has 0 bridgehead atoms. The summed E-state index contributed by atoms with van der Waals surface area (Å²) < 4.78 is 5.06. The highest BCUT2D eigenvalue weighted by atomic mass is 35.5. The molecule has 0 radical (unpaired) electrons. The molecule has 2 rings (SSSR count). The molecule has 2 aromatic carbocycles. The van der Waals surface area contributed by atoms with Crippen molar-refractivity contribution >= 4 is 35.2 Å². The molecule has 126 valence electrons. The number of hydrogen-bond donors (Lipinski definition) is 1. The summed E-state index contributed by atoms with van der Waals surface area (Å²) in [5.74, 6) is -1.20. The molecule has 2 aromatic rings. The first-order valence-corrected chi connectivity index (χ1v) is 7.82. The van der Waals surface area contributed by atoms with E-state index in [9.17, 15) is 9.59 Å². The largest absolute Gasteiger partial charge is 0.449 e. The molecule has 25 heavy (non-hydrogen) atoms. The Kier molecular flexibility index (Phi) is 6.33. The van der Waals surface area contributed by atoms with Crippen LogP contribution < -0.4 is 5.32 Å². The van der Waals surface area contributed by atoms with Gasteiger partial charge in [0.15, 0.2) is 6.10 Å². The van der Waals surface area contributed by atoms with Gasteiger partial charge in [-0.15, -0.1) is 0 Å². The zero-order valence-electron chi connectivity index (χ0n) is 13.4. The Morgan fingerprint density at radius 3 is 2.60 bits per heavy atom. The summed E-state index contributed by atoms with van der Waals surface area (Å²) in [4.78, 5) is 23.9. The van der Waals surface area contributed by atoms with Crippen molar-refractivity contribution in [1.29, 1.82) is 5.26 Å². The van der Waals surface area contributed by atoms with E-state index in [1.165, 1.54) is 19.1 Å². The van der Waals surface area contributed by atoms with Gasteiger partial charge in [0, 0.05) is 11.1 Å². The van der Waals surface area contributed by atoms with Gasteiger partial charge in [-0.25, -0.2) is 4.79 Å². The molecule has 0 aliphatic carbocycles. The van der Waals surface area contributed by atoms with Crippen molar-refractivity contribution in [1.82, 2.24) is 0 Å². The van der Waals surface area contributed by atoms with Crippen LogP contribution in [0, 0.1) is 11.3 Å². The Bertz CT molecular complexity index is 856. The SMILES string of the molecule is C[C@@H](OC(=O)/C=C/c1ccccc1Cl)C(=O)Nc1ccccc1C#N. The standard InChI is InChI=1S/C19H15ClN2O3/c1-13(19(24)22-17-9-5-3-7-15(17)12-21)25-18(23)11-10-14-6-2-4-8-16(14)20/h2-11,13H,1H3,(H,22,24)/b11-10+/t13-/m1/s1. The molecule has 6 heteroatoms. The molecule has 1 amide bonds. The Labute approximate surface area is 150 Å². The first-order valence-electron chi connectivity index (χ1n) is 7.44. The number of amides is 1. The van der Waals surface area contributed by atoms with Gasteiger partial charge in [-0.2, -0.15) is 5.26 Å². The molecule has 0 saturated heterocycles. The summed E-state index contributed by atoms with van der Waals surface area (Å²) in [6.45, 7) is 1.45. The zero-order chi connectivity index (χ0) is 18.2. The number of hydrogen-bond acceptors (Lipinski definition) is 4. The smallest absolute Gasteiger partial charge is 0.331 e. The Morgan fingerprint density at radius 2 is 1.88 bits per heavy atom. The number of rotatable bonds is 5. The maximum atomic E-state index is 12.1. The van der Waals surface area contributed by atoms with E-state index < -0.39 is 18.0 Å². The molecule has 0 unspecified atom stereocenters. The lowest BCUT2D eigenvalue weighted by atomic mass is 10.2. The number of carbonyl (C=O) groups is 2. The quantitative estimate of drug-likeness (QED) is 0.654. The maximum absolute atomic E-state index is 12.1. The van der Waals surface area contributed by atoms with Crippen LogP contribution in [0.5, 0.6) is 0 Å². The third-order valence-corrected chi connectivity index (χ3v) is 3.62. The van der Waals surface area contributed by atoms with Gasteiger partial charge in [0.25, 0.3) is 5.91 Å². The average Bonchev–Trinajstić information content (AvgIpc) is 2.61. The molecule has 0 spiro atoms. The highest BCUT2D eigenvalue weighted by molar-refractivity contribution is 6.32. The van der Waals surface area contributed by atoms with Crippen LogP contribution in [-0.4, -0.2) is 18.0 Å². The van der Waals surface area contributed by atoms with Gasteiger partial charge in [0.05, 0.1) is 11.3 Å². The fourth-order valence-electron chi connectivity index (χ4n) is 1.96. The number of nitrogens with zero attached hydrogens (tertiary/aromatic N) is 1. The van der Waals surface area contributed by atoms with Gasteiger partial charge in [-0.1, -0.05) is 41.9 Å². The van der Waals surface area contributed by atoms with E-state index in [1.807, 2.05) is 6.07 Å². The van der Waals surface area contributed by atoms with Crippen molar-refractivity contribution in [3.8, 4) is 6.07 Å². The molecule has 0 saturated carbocycles. The van der Waals surface area contributed by atoms with E-state index in [0.717, 1.165) is 0 Å². The fourth-order valence-corrected chi connectivity index (χ4v) is 2.16. The Balaban J connectivity index is 1.95. The third-order valence-electron chi connectivity index (χ3n) is 3.27. The lowest BCUT2D eigenvalue weighted by molar-refractivity contribution is -0.148. The minimum absolute atomic E-state index is 0.327. The van der Waals surface area contributed by atoms with Crippen molar-refractivity contribution in [2.75, 3.05) is 5.32 Å². The van der Waals surface area contributed by atoms with Crippen molar-refractivity contribution in [3.63, 3.8) is 0 Å². The summed E-state index contributed by atoms with van der Waals surface area (Å²) in [5.41, 5.74) is 1.36. The number of carbonyl (C=O) groups excluding carboxylic acids is 2. The molecule has 0 heterocycles. The third kappa shape index (κ3) is 5.20. The highest BCUT2D eigenvalue weighted by Crippen LogP contribution is 2.17. The highest BCUT2D eigenvalue weighted by Gasteiger charge is 2.17. The summed E-state index contributed by atoms with van der Waals surface area (Å²) in [7, 11) is 0. The number of anilines is 1. The van der Waals surface area contributed by atoms with Gasteiger partial charge in [-0.3, -0.25) is 4.79 Å². The number of benzene rings is 2. The molecule has 0 aliphatic heterocycles. The summed E-state index contributed by atoms with van der Waals surface area (Å²) in [5, 5.41) is 12.1. The fraction of sp³-hybridized carbons (Fsp3) is 0.105.